The summed E-state index contributed by atoms with van der Waals surface area (Å²) in [7, 11) is 0. The van der Waals surface area contributed by atoms with Gasteiger partial charge in [-0.05, 0) is 37.8 Å². The summed E-state index contributed by atoms with van der Waals surface area (Å²) in [5, 5.41) is 0. The number of hydrogen-bond acceptors (Lipinski definition) is 2. The molecule has 156 valence electrons. The molecule has 0 unspecified atom stereocenters. The van der Waals surface area contributed by atoms with Gasteiger partial charge in [0.15, 0.2) is 0 Å². The Labute approximate surface area is 184 Å². The van der Waals surface area contributed by atoms with E-state index in [1.165, 1.54) is 103 Å². The van der Waals surface area contributed by atoms with Gasteiger partial charge >= 0.3 is 21.1 Å². The first-order valence-electron chi connectivity index (χ1n) is 10.3. The molecule has 0 atom stereocenters. The van der Waals surface area contributed by atoms with Crippen molar-refractivity contribution in [2.24, 2.45) is 23.3 Å². The van der Waals surface area contributed by atoms with Gasteiger partial charge in [0.2, 0.25) is 0 Å². The molecule has 2 aliphatic carbocycles. The molecule has 0 aromatic heterocycles. The second kappa shape index (κ2) is 23.2. The molecule has 0 aromatic rings. The Hall–Kier alpha value is 1.19. The van der Waals surface area contributed by atoms with Gasteiger partial charge < -0.3 is 36.3 Å². The van der Waals surface area contributed by atoms with Crippen LogP contribution in [-0.4, -0.2) is 13.1 Å². The van der Waals surface area contributed by atoms with Crippen LogP contribution in [0, 0.1) is 11.8 Å². The zero-order valence-electron chi connectivity index (χ0n) is 16.1. The fourth-order valence-corrected chi connectivity index (χ4v) is 4.11. The minimum absolute atomic E-state index is 0. The average Bonchev–Trinajstić information content (AvgIpc) is 2.58. The maximum absolute atomic E-state index is 5.44. The third kappa shape index (κ3) is 18.3. The van der Waals surface area contributed by atoms with Crippen LogP contribution in [0.15, 0.2) is 0 Å². The minimum atomic E-state index is 0. The van der Waals surface area contributed by atoms with Crippen molar-refractivity contribution in [1.29, 1.82) is 0 Å². The second-order valence-electron chi connectivity index (χ2n) is 7.58. The third-order valence-electron chi connectivity index (χ3n) is 5.58. The Morgan fingerprint density at radius 3 is 1.12 bits per heavy atom. The summed E-state index contributed by atoms with van der Waals surface area (Å²) in [5.41, 5.74) is 10.9. The fourth-order valence-electron chi connectivity index (χ4n) is 4.11. The second-order valence-corrected chi connectivity index (χ2v) is 7.58. The summed E-state index contributed by atoms with van der Waals surface area (Å²) >= 11 is 0. The van der Waals surface area contributed by atoms with Crippen LogP contribution in [0.2, 0.25) is 0 Å². The van der Waals surface area contributed by atoms with Crippen LogP contribution in [0.1, 0.15) is 103 Å². The number of unbranched alkanes of at least 4 members (excludes halogenated alkanes) is 2. The quantitative estimate of drug-likeness (QED) is 0.380. The predicted octanol–water partition coefficient (Wildman–Crippen LogP) is -0.603. The van der Waals surface area contributed by atoms with Crippen molar-refractivity contribution >= 4 is 0 Å². The molecule has 0 heterocycles. The smallest absolute Gasteiger partial charge is 1.00 e. The van der Waals surface area contributed by atoms with Crippen molar-refractivity contribution in [3.8, 4) is 0 Å². The summed E-state index contributed by atoms with van der Waals surface area (Å²) in [6.07, 6.45) is 22.9. The van der Waals surface area contributed by atoms with Gasteiger partial charge in [-0.1, -0.05) is 89.9 Å². The molecule has 2 saturated carbocycles. The zero-order valence-corrected chi connectivity index (χ0v) is 19.9. The Morgan fingerprint density at radius 1 is 0.520 bits per heavy atom. The zero-order chi connectivity index (χ0) is 15.9. The molecule has 5 heteroatoms. The molecule has 25 heavy (non-hydrogen) atoms. The van der Waals surface area contributed by atoms with E-state index in [0.717, 1.165) is 24.9 Å². The molecule has 0 bridgehead atoms. The largest absolute Gasteiger partial charge is 2.00 e. The van der Waals surface area contributed by atoms with Gasteiger partial charge in [-0.25, -0.2) is 0 Å². The van der Waals surface area contributed by atoms with E-state index in [1.54, 1.807) is 0 Å². The van der Waals surface area contributed by atoms with Gasteiger partial charge in [-0.2, -0.15) is 0 Å². The number of rotatable bonds is 8. The third-order valence-corrected chi connectivity index (χ3v) is 5.58. The Kier molecular flexibility index (Phi) is 28.7. The maximum Gasteiger partial charge on any atom is 2.00 e. The van der Waals surface area contributed by atoms with E-state index >= 15 is 0 Å². The maximum atomic E-state index is 5.44. The molecule has 0 saturated heterocycles. The molecule has 0 spiro atoms. The summed E-state index contributed by atoms with van der Waals surface area (Å²) in [4.78, 5) is 0. The number of hydrogen-bond donors (Lipinski definition) is 2. The summed E-state index contributed by atoms with van der Waals surface area (Å²) in [6, 6.07) is 0. The normalized spacial score (nSPS) is 18.0. The van der Waals surface area contributed by atoms with Crippen molar-refractivity contribution in [1.82, 2.24) is 0 Å². The van der Waals surface area contributed by atoms with Crippen LogP contribution in [0.5, 0.6) is 0 Å². The first-order chi connectivity index (χ1) is 10.9. The summed E-state index contributed by atoms with van der Waals surface area (Å²) in [6.45, 7) is 1.76. The SMILES string of the molecule is NCCCCC1CCCCC1.NCCCCC1CCCCC1.[Cl-].[Cl-].[Pt+2]. The van der Waals surface area contributed by atoms with Gasteiger partial charge in [0.1, 0.15) is 0 Å². The van der Waals surface area contributed by atoms with Crippen molar-refractivity contribution < 1.29 is 45.9 Å². The van der Waals surface area contributed by atoms with E-state index < -0.39 is 0 Å². The molecule has 2 rings (SSSR count). The van der Waals surface area contributed by atoms with Crippen LogP contribution in [0.4, 0.5) is 0 Å². The summed E-state index contributed by atoms with van der Waals surface area (Å²) < 4.78 is 0. The topological polar surface area (TPSA) is 52.0 Å². The first-order valence-corrected chi connectivity index (χ1v) is 10.3. The number of halogens is 2. The molecular weight excluding hydrogens is 534 g/mol. The fraction of sp³-hybridized carbons (Fsp3) is 1.00. The van der Waals surface area contributed by atoms with Crippen molar-refractivity contribution in [2.75, 3.05) is 13.1 Å². The van der Waals surface area contributed by atoms with Crippen LogP contribution in [0.25, 0.3) is 0 Å². The van der Waals surface area contributed by atoms with E-state index in [0.29, 0.717) is 0 Å². The molecule has 0 radical (unpaired) electrons. The van der Waals surface area contributed by atoms with Gasteiger partial charge in [0.05, 0.1) is 0 Å². The van der Waals surface area contributed by atoms with E-state index in [2.05, 4.69) is 0 Å². The van der Waals surface area contributed by atoms with Gasteiger partial charge in [-0.15, -0.1) is 0 Å². The molecule has 0 aromatic carbocycles. The van der Waals surface area contributed by atoms with Crippen molar-refractivity contribution in [3.63, 3.8) is 0 Å². The standard InChI is InChI=1S/2C10H21N.2ClH.Pt/c2*11-9-5-4-8-10-6-2-1-3-7-10;;;/h2*10H,1-9,11H2;2*1H;/q;;;;+2/p-2. The van der Waals surface area contributed by atoms with E-state index in [9.17, 15) is 0 Å². The molecule has 4 N–H and O–H groups in total. The molecule has 2 nitrogen and oxygen atoms in total. The molecule has 2 fully saturated rings. The Balaban J connectivity index is -0.000000346. The molecular formula is C20H42Cl2N2Pt. The van der Waals surface area contributed by atoms with Crippen LogP contribution in [0.3, 0.4) is 0 Å². The minimum Gasteiger partial charge on any atom is -1.00 e. The summed E-state index contributed by atoms with van der Waals surface area (Å²) in [5.74, 6) is 2.10. The van der Waals surface area contributed by atoms with Crippen LogP contribution >= 0.6 is 0 Å². The molecule has 0 amide bonds. The predicted molar refractivity (Wildman–Crippen MR) is 99.0 cm³/mol. The van der Waals surface area contributed by atoms with E-state index in [4.69, 9.17) is 11.5 Å². The van der Waals surface area contributed by atoms with Crippen LogP contribution < -0.4 is 36.3 Å². The van der Waals surface area contributed by atoms with Crippen LogP contribution in [-0.2, 0) is 21.1 Å². The van der Waals surface area contributed by atoms with Gasteiger partial charge in [0.25, 0.3) is 0 Å². The Bertz CT molecular complexity index is 210. The number of nitrogens with two attached hydrogens (primary N) is 2. The van der Waals surface area contributed by atoms with E-state index in [1.807, 2.05) is 0 Å². The molecule has 2 aliphatic rings. The Morgan fingerprint density at radius 2 is 0.840 bits per heavy atom. The van der Waals surface area contributed by atoms with Gasteiger partial charge in [-0.3, -0.25) is 0 Å². The van der Waals surface area contributed by atoms with Crippen molar-refractivity contribution in [3.05, 3.63) is 0 Å². The van der Waals surface area contributed by atoms with E-state index in [-0.39, 0.29) is 45.9 Å². The average molecular weight is 577 g/mol. The van der Waals surface area contributed by atoms with Crippen molar-refractivity contribution in [2.45, 2.75) is 103 Å². The van der Waals surface area contributed by atoms with Gasteiger partial charge in [0, 0.05) is 0 Å². The molecule has 0 aliphatic heterocycles. The first kappa shape index (κ1) is 30.9. The monoisotopic (exact) mass is 575 g/mol.